The Hall–Kier alpha value is -1.42. The summed E-state index contributed by atoms with van der Waals surface area (Å²) in [7, 11) is 0. The number of rotatable bonds is 8. The summed E-state index contributed by atoms with van der Waals surface area (Å²) in [6.45, 7) is 2.28. The predicted octanol–water partition coefficient (Wildman–Crippen LogP) is 2.86. The molecule has 0 bridgehead atoms. The molecule has 0 heterocycles. The van der Waals surface area contributed by atoms with E-state index in [1.807, 2.05) is 0 Å². The Bertz CT molecular complexity index is 484. The topological polar surface area (TPSA) is 38.3 Å². The molecule has 2 saturated carbocycles. The molecule has 1 aromatic rings. The monoisotopic (exact) mass is 291 g/mol. The summed E-state index contributed by atoms with van der Waals surface area (Å²) in [4.78, 5) is 12.0. The Morgan fingerprint density at radius 1 is 1.29 bits per heavy atom. The van der Waals surface area contributed by atoms with Gasteiger partial charge in [0.05, 0.1) is 0 Å². The van der Waals surface area contributed by atoms with Crippen LogP contribution in [0.15, 0.2) is 24.3 Å². The molecule has 4 heteroatoms. The van der Waals surface area contributed by atoms with Gasteiger partial charge in [-0.1, -0.05) is 12.1 Å². The Morgan fingerprint density at radius 2 is 2.05 bits per heavy atom. The lowest BCUT2D eigenvalue weighted by Crippen LogP contribution is -2.27. The van der Waals surface area contributed by atoms with E-state index in [0.717, 1.165) is 37.5 Å². The standard InChI is InChI=1S/C17H22FNO2/c18-14-6-4-13(5-7-14)15-10-16(15)17(20)19-8-1-9-21-11-12-2-3-12/h4-7,12,15-16H,1-3,8-11H2,(H,19,20)/t15-,16+/m0/s1. The third-order valence-electron chi connectivity index (χ3n) is 4.24. The summed E-state index contributed by atoms with van der Waals surface area (Å²) in [6, 6.07) is 6.47. The van der Waals surface area contributed by atoms with Crippen molar-refractivity contribution in [1.82, 2.24) is 5.32 Å². The maximum absolute atomic E-state index is 12.9. The SMILES string of the molecule is O=C(NCCCOCC1CC1)[C@@H]1C[C@H]1c1ccc(F)cc1. The molecule has 2 aliphatic carbocycles. The molecule has 2 aliphatic rings. The molecule has 2 fully saturated rings. The lowest BCUT2D eigenvalue weighted by atomic mass is 10.1. The first-order valence-electron chi connectivity index (χ1n) is 7.85. The first-order chi connectivity index (χ1) is 10.2. The summed E-state index contributed by atoms with van der Waals surface area (Å²) in [5, 5.41) is 2.97. The van der Waals surface area contributed by atoms with E-state index in [-0.39, 0.29) is 23.6 Å². The van der Waals surface area contributed by atoms with Crippen LogP contribution in [0.4, 0.5) is 4.39 Å². The third-order valence-corrected chi connectivity index (χ3v) is 4.24. The van der Waals surface area contributed by atoms with Crippen molar-refractivity contribution in [2.24, 2.45) is 11.8 Å². The van der Waals surface area contributed by atoms with Crippen LogP contribution in [0, 0.1) is 17.7 Å². The number of hydrogen-bond donors (Lipinski definition) is 1. The average Bonchev–Trinajstić information content (AvgIpc) is 3.37. The number of nitrogens with one attached hydrogen (secondary N) is 1. The Labute approximate surface area is 124 Å². The van der Waals surface area contributed by atoms with Crippen LogP contribution in [0.5, 0.6) is 0 Å². The average molecular weight is 291 g/mol. The molecule has 3 nitrogen and oxygen atoms in total. The lowest BCUT2D eigenvalue weighted by Gasteiger charge is -2.06. The highest BCUT2D eigenvalue weighted by Crippen LogP contribution is 2.47. The maximum atomic E-state index is 12.9. The highest BCUT2D eigenvalue weighted by Gasteiger charge is 2.43. The van der Waals surface area contributed by atoms with Gasteiger partial charge >= 0.3 is 0 Å². The number of carbonyl (C=O) groups is 1. The summed E-state index contributed by atoms with van der Waals surface area (Å²) >= 11 is 0. The van der Waals surface area contributed by atoms with Crippen molar-refractivity contribution in [2.45, 2.75) is 31.6 Å². The van der Waals surface area contributed by atoms with Gasteiger partial charge in [-0.3, -0.25) is 4.79 Å². The van der Waals surface area contributed by atoms with Gasteiger partial charge in [0.2, 0.25) is 5.91 Å². The van der Waals surface area contributed by atoms with Gasteiger partial charge in [-0.25, -0.2) is 4.39 Å². The minimum absolute atomic E-state index is 0.0582. The number of carbonyl (C=O) groups excluding carboxylic acids is 1. The second-order valence-electron chi connectivity index (χ2n) is 6.16. The van der Waals surface area contributed by atoms with E-state index >= 15 is 0 Å². The lowest BCUT2D eigenvalue weighted by molar-refractivity contribution is -0.122. The number of halogens is 1. The van der Waals surface area contributed by atoms with Crippen LogP contribution in [-0.2, 0) is 9.53 Å². The molecule has 0 aliphatic heterocycles. The minimum atomic E-state index is -0.230. The van der Waals surface area contributed by atoms with E-state index in [0.29, 0.717) is 6.54 Å². The second kappa shape index (κ2) is 6.56. The van der Waals surface area contributed by atoms with Gasteiger partial charge in [-0.15, -0.1) is 0 Å². The highest BCUT2D eigenvalue weighted by atomic mass is 19.1. The van der Waals surface area contributed by atoms with E-state index in [1.54, 1.807) is 12.1 Å². The van der Waals surface area contributed by atoms with Gasteiger partial charge in [0.15, 0.2) is 0 Å². The van der Waals surface area contributed by atoms with Crippen LogP contribution < -0.4 is 5.32 Å². The quantitative estimate of drug-likeness (QED) is 0.748. The van der Waals surface area contributed by atoms with E-state index in [4.69, 9.17) is 4.74 Å². The Kier molecular flexibility index (Phi) is 4.54. The molecule has 2 atom stereocenters. The predicted molar refractivity (Wildman–Crippen MR) is 78.4 cm³/mol. The van der Waals surface area contributed by atoms with Crippen LogP contribution in [-0.4, -0.2) is 25.7 Å². The molecule has 0 saturated heterocycles. The molecule has 3 rings (SSSR count). The van der Waals surface area contributed by atoms with Gasteiger partial charge in [-0.05, 0) is 55.2 Å². The molecule has 1 N–H and O–H groups in total. The highest BCUT2D eigenvalue weighted by molar-refractivity contribution is 5.82. The zero-order chi connectivity index (χ0) is 14.7. The zero-order valence-corrected chi connectivity index (χ0v) is 12.2. The van der Waals surface area contributed by atoms with E-state index < -0.39 is 0 Å². The zero-order valence-electron chi connectivity index (χ0n) is 12.2. The van der Waals surface area contributed by atoms with Crippen LogP contribution in [0.3, 0.4) is 0 Å². The molecule has 0 radical (unpaired) electrons. The van der Waals surface area contributed by atoms with Crippen molar-refractivity contribution in [1.29, 1.82) is 0 Å². The van der Waals surface area contributed by atoms with Crippen LogP contribution in [0.2, 0.25) is 0 Å². The van der Waals surface area contributed by atoms with Crippen molar-refractivity contribution in [2.75, 3.05) is 19.8 Å². The van der Waals surface area contributed by atoms with Crippen molar-refractivity contribution >= 4 is 5.91 Å². The van der Waals surface area contributed by atoms with E-state index in [9.17, 15) is 9.18 Å². The summed E-state index contributed by atoms with van der Waals surface area (Å²) in [5.41, 5.74) is 1.06. The van der Waals surface area contributed by atoms with Crippen LogP contribution in [0.1, 0.15) is 37.2 Å². The first kappa shape index (κ1) is 14.5. The Morgan fingerprint density at radius 3 is 2.76 bits per heavy atom. The van der Waals surface area contributed by atoms with Crippen molar-refractivity contribution in [3.8, 4) is 0 Å². The molecule has 114 valence electrons. The van der Waals surface area contributed by atoms with Crippen molar-refractivity contribution < 1.29 is 13.9 Å². The summed E-state index contributed by atoms with van der Waals surface area (Å²) in [6.07, 6.45) is 4.36. The fraction of sp³-hybridized carbons (Fsp3) is 0.588. The molecular weight excluding hydrogens is 269 g/mol. The molecule has 0 aromatic heterocycles. The molecule has 0 spiro atoms. The van der Waals surface area contributed by atoms with Crippen molar-refractivity contribution in [3.63, 3.8) is 0 Å². The summed E-state index contributed by atoms with van der Waals surface area (Å²) in [5.74, 6) is 1.00. The van der Waals surface area contributed by atoms with Gasteiger partial charge < -0.3 is 10.1 Å². The fourth-order valence-electron chi connectivity index (χ4n) is 2.61. The molecule has 0 unspecified atom stereocenters. The number of ether oxygens (including phenoxy) is 1. The van der Waals surface area contributed by atoms with Crippen molar-refractivity contribution in [3.05, 3.63) is 35.6 Å². The number of hydrogen-bond acceptors (Lipinski definition) is 2. The van der Waals surface area contributed by atoms with Gasteiger partial charge in [-0.2, -0.15) is 0 Å². The second-order valence-corrected chi connectivity index (χ2v) is 6.16. The number of benzene rings is 1. The molecule has 21 heavy (non-hydrogen) atoms. The maximum Gasteiger partial charge on any atom is 0.223 e. The largest absolute Gasteiger partial charge is 0.381 e. The fourth-order valence-corrected chi connectivity index (χ4v) is 2.61. The van der Waals surface area contributed by atoms with Gasteiger partial charge in [0.1, 0.15) is 5.82 Å². The normalized spacial score (nSPS) is 23.9. The third kappa shape index (κ3) is 4.27. The van der Waals surface area contributed by atoms with Gasteiger partial charge in [0, 0.05) is 25.7 Å². The van der Waals surface area contributed by atoms with Crippen LogP contribution >= 0.6 is 0 Å². The van der Waals surface area contributed by atoms with Crippen LogP contribution in [0.25, 0.3) is 0 Å². The van der Waals surface area contributed by atoms with E-state index in [2.05, 4.69) is 5.32 Å². The molecular formula is C17H22FNO2. The number of amides is 1. The molecule has 1 amide bonds. The van der Waals surface area contributed by atoms with E-state index in [1.165, 1.54) is 25.0 Å². The smallest absolute Gasteiger partial charge is 0.223 e. The summed E-state index contributed by atoms with van der Waals surface area (Å²) < 4.78 is 18.4. The minimum Gasteiger partial charge on any atom is -0.381 e. The van der Waals surface area contributed by atoms with Gasteiger partial charge in [0.25, 0.3) is 0 Å². The molecule has 1 aromatic carbocycles. The first-order valence-corrected chi connectivity index (χ1v) is 7.85. The Balaban J connectivity index is 1.30.